The molecule has 5 heteroatoms. The molecule has 0 aliphatic rings. The summed E-state index contributed by atoms with van der Waals surface area (Å²) < 4.78 is 1.99. The summed E-state index contributed by atoms with van der Waals surface area (Å²) in [5.74, 6) is 0.696. The second-order valence-electron chi connectivity index (χ2n) is 4.50. The third-order valence-electron chi connectivity index (χ3n) is 3.00. The molecular weight excluding hydrogens is 394 g/mol. The van der Waals surface area contributed by atoms with E-state index < -0.39 is 0 Å². The van der Waals surface area contributed by atoms with Crippen molar-refractivity contribution in [1.82, 2.24) is 0 Å². The Hall–Kier alpha value is -1.33. The summed E-state index contributed by atoms with van der Waals surface area (Å²) in [6.45, 7) is 2.14. The highest BCUT2D eigenvalue weighted by Crippen LogP contribution is 2.26. The van der Waals surface area contributed by atoms with E-state index in [9.17, 15) is 0 Å². The molecule has 0 saturated carbocycles. The van der Waals surface area contributed by atoms with Gasteiger partial charge in [0.2, 0.25) is 0 Å². The van der Waals surface area contributed by atoms with Crippen LogP contribution in [0.15, 0.2) is 56.4 Å². The molecule has 0 atom stereocenters. The van der Waals surface area contributed by atoms with E-state index in [0.717, 1.165) is 26.7 Å². The molecule has 0 saturated heterocycles. The Morgan fingerprint density at radius 3 is 2.62 bits per heavy atom. The number of aryl methyl sites for hydroxylation is 1. The molecule has 3 nitrogen and oxygen atoms in total. The highest BCUT2D eigenvalue weighted by atomic mass is 79.9. The molecule has 21 heavy (non-hydrogen) atoms. The van der Waals surface area contributed by atoms with Crippen LogP contribution >= 0.6 is 31.9 Å². The number of guanidine groups is 1. The Morgan fingerprint density at radius 1 is 1.10 bits per heavy atom. The van der Waals surface area contributed by atoms with Crippen molar-refractivity contribution in [3.8, 4) is 0 Å². The molecule has 2 aromatic rings. The van der Waals surface area contributed by atoms with E-state index in [1.807, 2.05) is 30.3 Å². The van der Waals surface area contributed by atoms with E-state index in [1.165, 1.54) is 5.56 Å². The zero-order valence-corrected chi connectivity index (χ0v) is 15.1. The summed E-state index contributed by atoms with van der Waals surface area (Å²) in [6.07, 6.45) is 1.01. The van der Waals surface area contributed by atoms with Crippen LogP contribution in [-0.4, -0.2) is 13.0 Å². The summed E-state index contributed by atoms with van der Waals surface area (Å²) >= 11 is 7.00. The first kappa shape index (κ1) is 16.0. The maximum atomic E-state index is 4.26. The molecule has 2 N–H and O–H groups in total. The van der Waals surface area contributed by atoms with Gasteiger partial charge in [-0.1, -0.05) is 35.0 Å². The van der Waals surface area contributed by atoms with Crippen molar-refractivity contribution in [3.05, 3.63) is 57.0 Å². The first-order valence-electron chi connectivity index (χ1n) is 6.67. The second kappa shape index (κ2) is 7.61. The van der Waals surface area contributed by atoms with Crippen LogP contribution in [0.5, 0.6) is 0 Å². The summed E-state index contributed by atoms with van der Waals surface area (Å²) in [6, 6.07) is 14.3. The van der Waals surface area contributed by atoms with Gasteiger partial charge >= 0.3 is 0 Å². The lowest BCUT2D eigenvalue weighted by Crippen LogP contribution is -2.22. The van der Waals surface area contributed by atoms with Crippen molar-refractivity contribution in [2.45, 2.75) is 13.3 Å². The molecular formula is C16H17Br2N3. The van der Waals surface area contributed by atoms with Crippen molar-refractivity contribution >= 4 is 49.2 Å². The van der Waals surface area contributed by atoms with Crippen LogP contribution in [0, 0.1) is 0 Å². The number of hydrogen-bond acceptors (Lipinski definition) is 1. The van der Waals surface area contributed by atoms with E-state index in [-0.39, 0.29) is 0 Å². The van der Waals surface area contributed by atoms with Crippen LogP contribution in [0.3, 0.4) is 0 Å². The fraction of sp³-hybridized carbons (Fsp3) is 0.188. The molecule has 110 valence electrons. The number of aliphatic imine (C=N–C) groups is 1. The molecule has 0 spiro atoms. The molecule has 0 amide bonds. The van der Waals surface area contributed by atoms with Crippen LogP contribution in [0.25, 0.3) is 0 Å². The third-order valence-corrected chi connectivity index (χ3v) is 4.19. The number of anilines is 2. The molecule has 0 heterocycles. The smallest absolute Gasteiger partial charge is 0.200 e. The van der Waals surface area contributed by atoms with Gasteiger partial charge in [-0.2, -0.15) is 0 Å². The molecule has 0 aliphatic carbocycles. The maximum Gasteiger partial charge on any atom is 0.200 e. The van der Waals surface area contributed by atoms with Crippen molar-refractivity contribution in [3.63, 3.8) is 0 Å². The van der Waals surface area contributed by atoms with Crippen LogP contribution in [0.1, 0.15) is 12.5 Å². The van der Waals surface area contributed by atoms with E-state index in [0.29, 0.717) is 5.96 Å². The van der Waals surface area contributed by atoms with Gasteiger partial charge in [0.25, 0.3) is 0 Å². The number of benzene rings is 2. The Kier molecular flexibility index (Phi) is 5.82. The molecule has 2 aromatic carbocycles. The van der Waals surface area contributed by atoms with Gasteiger partial charge < -0.3 is 10.6 Å². The number of rotatable bonds is 3. The van der Waals surface area contributed by atoms with Gasteiger partial charge in [-0.15, -0.1) is 0 Å². The van der Waals surface area contributed by atoms with Gasteiger partial charge in [0.15, 0.2) is 5.96 Å². The molecule has 0 aliphatic heterocycles. The number of hydrogen-bond donors (Lipinski definition) is 2. The first-order valence-corrected chi connectivity index (χ1v) is 8.25. The van der Waals surface area contributed by atoms with Crippen LogP contribution < -0.4 is 10.6 Å². The minimum atomic E-state index is 0.696. The fourth-order valence-electron chi connectivity index (χ4n) is 1.87. The lowest BCUT2D eigenvalue weighted by Gasteiger charge is -2.14. The van der Waals surface area contributed by atoms with Gasteiger partial charge in [0.1, 0.15) is 0 Å². The van der Waals surface area contributed by atoms with Crippen LogP contribution in [0.4, 0.5) is 11.4 Å². The molecule has 0 unspecified atom stereocenters. The van der Waals surface area contributed by atoms with E-state index in [2.05, 4.69) is 66.5 Å². The minimum Gasteiger partial charge on any atom is -0.326 e. The SMILES string of the molecule is CCc1cccc(NC(=NC)Nc2cc(Br)ccc2Br)c1. The normalized spacial score (nSPS) is 11.3. The van der Waals surface area contributed by atoms with Crippen LogP contribution in [-0.2, 0) is 6.42 Å². The molecule has 2 rings (SSSR count). The topological polar surface area (TPSA) is 36.4 Å². The van der Waals surface area contributed by atoms with Crippen molar-refractivity contribution < 1.29 is 0 Å². The van der Waals surface area contributed by atoms with Crippen molar-refractivity contribution in [2.75, 3.05) is 17.7 Å². The van der Waals surface area contributed by atoms with Gasteiger partial charge in [-0.25, -0.2) is 0 Å². The standard InChI is InChI=1S/C16H17Br2N3/c1-3-11-5-4-6-13(9-11)20-16(19-2)21-15-10-12(17)7-8-14(15)18/h4-10H,3H2,1-2H3,(H2,19,20,21). The average Bonchev–Trinajstić information content (AvgIpc) is 2.50. The predicted octanol–water partition coefficient (Wildman–Crippen LogP) is 5.28. The Bertz CT molecular complexity index is 654. The first-order chi connectivity index (χ1) is 10.1. The lowest BCUT2D eigenvalue weighted by molar-refractivity contribution is 1.14. The predicted molar refractivity (Wildman–Crippen MR) is 98.3 cm³/mol. The second-order valence-corrected chi connectivity index (χ2v) is 6.27. The summed E-state index contributed by atoms with van der Waals surface area (Å²) in [5, 5.41) is 6.59. The summed E-state index contributed by atoms with van der Waals surface area (Å²) in [4.78, 5) is 4.26. The van der Waals surface area contributed by atoms with Crippen molar-refractivity contribution in [2.24, 2.45) is 4.99 Å². The monoisotopic (exact) mass is 409 g/mol. The summed E-state index contributed by atoms with van der Waals surface area (Å²) in [5.41, 5.74) is 3.26. The Balaban J connectivity index is 2.15. The average molecular weight is 411 g/mol. The zero-order valence-electron chi connectivity index (χ0n) is 12.0. The third kappa shape index (κ3) is 4.58. The Labute approximate surface area is 142 Å². The van der Waals surface area contributed by atoms with E-state index >= 15 is 0 Å². The van der Waals surface area contributed by atoms with Gasteiger partial charge in [0.05, 0.1) is 5.69 Å². The molecule has 0 bridgehead atoms. The largest absolute Gasteiger partial charge is 0.326 e. The highest BCUT2D eigenvalue weighted by molar-refractivity contribution is 9.11. The molecule has 0 aromatic heterocycles. The highest BCUT2D eigenvalue weighted by Gasteiger charge is 2.05. The number of halogens is 2. The maximum absolute atomic E-state index is 4.26. The van der Waals surface area contributed by atoms with Crippen molar-refractivity contribution in [1.29, 1.82) is 0 Å². The molecule has 0 fully saturated rings. The van der Waals surface area contributed by atoms with Gasteiger partial charge in [-0.3, -0.25) is 4.99 Å². The lowest BCUT2D eigenvalue weighted by atomic mass is 10.1. The van der Waals surface area contributed by atoms with Gasteiger partial charge in [0, 0.05) is 21.7 Å². The molecule has 0 radical (unpaired) electrons. The zero-order chi connectivity index (χ0) is 15.2. The number of nitrogens with one attached hydrogen (secondary N) is 2. The summed E-state index contributed by atoms with van der Waals surface area (Å²) in [7, 11) is 1.75. The van der Waals surface area contributed by atoms with Gasteiger partial charge in [-0.05, 0) is 58.2 Å². The van der Waals surface area contributed by atoms with E-state index in [4.69, 9.17) is 0 Å². The van der Waals surface area contributed by atoms with Crippen LogP contribution in [0.2, 0.25) is 0 Å². The minimum absolute atomic E-state index is 0.696. The Morgan fingerprint density at radius 2 is 1.90 bits per heavy atom. The van der Waals surface area contributed by atoms with E-state index in [1.54, 1.807) is 7.05 Å². The quantitative estimate of drug-likeness (QED) is 0.533. The fourth-order valence-corrected chi connectivity index (χ4v) is 2.58. The number of nitrogens with zero attached hydrogens (tertiary/aromatic N) is 1.